The van der Waals surface area contributed by atoms with E-state index in [1.54, 1.807) is 7.11 Å². The zero-order valence-corrected chi connectivity index (χ0v) is 21.7. The molecule has 2 fully saturated rings. The summed E-state index contributed by atoms with van der Waals surface area (Å²) in [5.74, 6) is 1.81. The molecule has 0 radical (unpaired) electrons. The Kier molecular flexibility index (Phi) is 6.91. The van der Waals surface area contributed by atoms with Gasteiger partial charge >= 0.3 is 0 Å². The van der Waals surface area contributed by atoms with E-state index in [1.807, 2.05) is 18.2 Å². The highest BCUT2D eigenvalue weighted by molar-refractivity contribution is 5.64. The Hall–Kier alpha value is -2.90. The monoisotopic (exact) mass is 500 g/mol. The number of nitrogens with zero attached hydrogens (tertiary/aromatic N) is 2. The van der Waals surface area contributed by atoms with Crippen LogP contribution in [-0.4, -0.2) is 67.1 Å². The van der Waals surface area contributed by atoms with Crippen molar-refractivity contribution in [3.8, 4) is 22.6 Å². The van der Waals surface area contributed by atoms with Gasteiger partial charge in [-0.2, -0.15) is 0 Å². The number of fused-ring (bicyclic) bond motifs is 2. The molecule has 3 heterocycles. The van der Waals surface area contributed by atoms with Gasteiger partial charge in [0, 0.05) is 38.2 Å². The van der Waals surface area contributed by atoms with Crippen LogP contribution in [0.2, 0.25) is 0 Å². The highest BCUT2D eigenvalue weighted by atomic mass is 16.7. The summed E-state index contributed by atoms with van der Waals surface area (Å²) in [5.41, 5.74) is 5.96. The number of hydrogen-bond donors (Lipinski definition) is 1. The van der Waals surface area contributed by atoms with Gasteiger partial charge in [-0.25, -0.2) is 0 Å². The molecule has 0 amide bonds. The van der Waals surface area contributed by atoms with Gasteiger partial charge in [-0.3, -0.25) is 9.80 Å². The topological polar surface area (TPSA) is 54.4 Å². The van der Waals surface area contributed by atoms with E-state index in [9.17, 15) is 5.11 Å². The quantitative estimate of drug-likeness (QED) is 0.516. The smallest absolute Gasteiger partial charge is 0.231 e. The van der Waals surface area contributed by atoms with Crippen molar-refractivity contribution >= 4 is 0 Å². The number of hydrogen-bond acceptors (Lipinski definition) is 6. The van der Waals surface area contributed by atoms with Gasteiger partial charge in [0.1, 0.15) is 6.23 Å². The van der Waals surface area contributed by atoms with Gasteiger partial charge in [0.25, 0.3) is 0 Å². The molecule has 0 saturated carbocycles. The van der Waals surface area contributed by atoms with Crippen LogP contribution >= 0.6 is 0 Å². The second-order valence-corrected chi connectivity index (χ2v) is 10.5. The summed E-state index contributed by atoms with van der Waals surface area (Å²) in [6.45, 7) is 5.83. The lowest BCUT2D eigenvalue weighted by atomic mass is 9.74. The Morgan fingerprint density at radius 3 is 2.57 bits per heavy atom. The van der Waals surface area contributed by atoms with Gasteiger partial charge in [0.15, 0.2) is 11.5 Å². The van der Waals surface area contributed by atoms with E-state index in [1.165, 1.54) is 22.3 Å². The minimum Gasteiger partial charge on any atom is -0.454 e. The Morgan fingerprint density at radius 1 is 0.946 bits per heavy atom. The molecule has 0 spiro atoms. The summed E-state index contributed by atoms with van der Waals surface area (Å²) in [4.78, 5) is 4.83. The molecule has 37 heavy (non-hydrogen) atoms. The predicted molar refractivity (Wildman–Crippen MR) is 144 cm³/mol. The van der Waals surface area contributed by atoms with Crippen molar-refractivity contribution < 1.29 is 19.3 Å². The summed E-state index contributed by atoms with van der Waals surface area (Å²) in [6.07, 6.45) is 1.49. The number of methoxy groups -OCH3 is 1. The Balaban J connectivity index is 1.25. The van der Waals surface area contributed by atoms with Crippen LogP contribution in [0.3, 0.4) is 0 Å². The summed E-state index contributed by atoms with van der Waals surface area (Å²) < 4.78 is 16.7. The van der Waals surface area contributed by atoms with Crippen LogP contribution in [-0.2, 0) is 4.74 Å². The molecule has 0 aromatic heterocycles. The maximum Gasteiger partial charge on any atom is 0.231 e. The zero-order valence-electron chi connectivity index (χ0n) is 21.7. The van der Waals surface area contributed by atoms with E-state index < -0.39 is 6.23 Å². The Morgan fingerprint density at radius 2 is 1.76 bits per heavy atom. The fraction of sp³-hybridized carbons (Fsp3) is 0.419. The molecule has 0 aliphatic carbocycles. The third kappa shape index (κ3) is 4.75. The zero-order chi connectivity index (χ0) is 25.4. The highest BCUT2D eigenvalue weighted by Gasteiger charge is 2.49. The molecule has 4 atom stereocenters. The Labute approximate surface area is 219 Å². The molecule has 194 valence electrons. The first-order valence-corrected chi connectivity index (χ1v) is 13.4. The lowest BCUT2D eigenvalue weighted by Gasteiger charge is -2.57. The summed E-state index contributed by atoms with van der Waals surface area (Å²) in [7, 11) is 1.80. The van der Waals surface area contributed by atoms with E-state index in [4.69, 9.17) is 14.2 Å². The Bertz CT molecular complexity index is 1230. The lowest BCUT2D eigenvalue weighted by Crippen LogP contribution is -2.67. The van der Waals surface area contributed by atoms with Crippen molar-refractivity contribution in [2.45, 2.75) is 44.0 Å². The average Bonchev–Trinajstić information content (AvgIpc) is 3.38. The first kappa shape index (κ1) is 24.4. The second kappa shape index (κ2) is 10.5. The van der Waals surface area contributed by atoms with Crippen LogP contribution in [0, 0.1) is 6.92 Å². The molecule has 3 aliphatic heterocycles. The van der Waals surface area contributed by atoms with Crippen molar-refractivity contribution in [1.29, 1.82) is 0 Å². The fourth-order valence-electron chi connectivity index (χ4n) is 6.35. The first-order valence-electron chi connectivity index (χ1n) is 13.4. The fourth-order valence-corrected chi connectivity index (χ4v) is 6.35. The third-order valence-corrected chi connectivity index (χ3v) is 8.24. The van der Waals surface area contributed by atoms with Crippen molar-refractivity contribution in [3.63, 3.8) is 0 Å². The molecule has 2 saturated heterocycles. The minimum atomic E-state index is -0.680. The standard InChI is InChI=1S/C31H36N2O4/c1-21-6-5-7-24(16-21)22-8-10-23(11-9-22)30-26-18-32(14-3-4-15-33(26)27(30)19-35-2)31(34)25-12-13-28-29(17-25)37-20-36-28/h5-13,16-17,26-27,30-31,34H,3-4,14-15,18-20H2,1-2H3/t26-,27+,30-,31?/m0/s1. The largest absolute Gasteiger partial charge is 0.454 e. The molecule has 3 aromatic carbocycles. The van der Waals surface area contributed by atoms with Crippen LogP contribution in [0.1, 0.15) is 41.7 Å². The summed E-state index contributed by atoms with van der Waals surface area (Å²) >= 11 is 0. The highest BCUT2D eigenvalue weighted by Crippen LogP contribution is 2.44. The van der Waals surface area contributed by atoms with Gasteiger partial charge in [0.2, 0.25) is 6.79 Å². The lowest BCUT2D eigenvalue weighted by molar-refractivity contribution is -0.0989. The van der Waals surface area contributed by atoms with E-state index >= 15 is 0 Å². The average molecular weight is 501 g/mol. The molecular formula is C31H36N2O4. The number of ether oxygens (including phenoxy) is 3. The van der Waals surface area contributed by atoms with Gasteiger partial charge in [-0.1, -0.05) is 60.2 Å². The molecule has 3 aromatic rings. The SMILES string of the molecule is COC[C@@H]1[C@@H](c2ccc(-c3cccc(C)c3)cc2)[C@@H]2CN(C(O)c3ccc4c(c3)OCO4)CCCCN12. The van der Waals surface area contributed by atoms with Crippen LogP contribution in [0.4, 0.5) is 0 Å². The van der Waals surface area contributed by atoms with Crippen molar-refractivity contribution in [2.24, 2.45) is 0 Å². The van der Waals surface area contributed by atoms with E-state index in [0.717, 1.165) is 43.8 Å². The molecule has 6 nitrogen and oxygen atoms in total. The number of aliphatic hydroxyl groups is 1. The van der Waals surface area contributed by atoms with Crippen LogP contribution < -0.4 is 9.47 Å². The second-order valence-electron chi connectivity index (χ2n) is 10.5. The molecule has 0 bridgehead atoms. The molecule has 6 heteroatoms. The minimum absolute atomic E-state index is 0.237. The van der Waals surface area contributed by atoms with Gasteiger partial charge in [0.05, 0.1) is 6.61 Å². The number of aryl methyl sites for hydroxylation is 1. The summed E-state index contributed by atoms with van der Waals surface area (Å²) in [6, 6.07) is 24.2. The van der Waals surface area contributed by atoms with E-state index in [-0.39, 0.29) is 6.79 Å². The van der Waals surface area contributed by atoms with Crippen molar-refractivity contribution in [3.05, 3.63) is 83.4 Å². The molecule has 6 rings (SSSR count). The molecular weight excluding hydrogens is 464 g/mol. The van der Waals surface area contributed by atoms with E-state index in [0.29, 0.717) is 30.4 Å². The van der Waals surface area contributed by atoms with Gasteiger partial charge in [-0.15, -0.1) is 0 Å². The number of aliphatic hydroxyl groups excluding tert-OH is 1. The van der Waals surface area contributed by atoms with Crippen LogP contribution in [0.15, 0.2) is 66.7 Å². The maximum absolute atomic E-state index is 11.4. The molecule has 1 unspecified atom stereocenters. The normalized spacial score (nSPS) is 24.6. The molecule has 3 aliphatic rings. The number of benzene rings is 3. The van der Waals surface area contributed by atoms with E-state index in [2.05, 4.69) is 65.3 Å². The number of rotatable bonds is 6. The first-order chi connectivity index (χ1) is 18.1. The third-order valence-electron chi connectivity index (χ3n) is 8.24. The van der Waals surface area contributed by atoms with Gasteiger partial charge in [-0.05, 0) is 60.7 Å². The van der Waals surface area contributed by atoms with Crippen molar-refractivity contribution in [2.75, 3.05) is 40.1 Å². The molecule has 1 N–H and O–H groups in total. The van der Waals surface area contributed by atoms with Crippen molar-refractivity contribution in [1.82, 2.24) is 9.80 Å². The summed E-state index contributed by atoms with van der Waals surface area (Å²) in [5, 5.41) is 11.4. The predicted octanol–water partition coefficient (Wildman–Crippen LogP) is 4.96. The van der Waals surface area contributed by atoms with Crippen LogP contribution in [0.5, 0.6) is 11.5 Å². The van der Waals surface area contributed by atoms with Crippen LogP contribution in [0.25, 0.3) is 11.1 Å². The maximum atomic E-state index is 11.4. The van der Waals surface area contributed by atoms with Gasteiger partial charge < -0.3 is 19.3 Å².